The van der Waals surface area contributed by atoms with Gasteiger partial charge in [-0.15, -0.1) is 0 Å². The van der Waals surface area contributed by atoms with Crippen LogP contribution in [0.4, 0.5) is 11.6 Å². The zero-order valence-corrected chi connectivity index (χ0v) is 14.0. The van der Waals surface area contributed by atoms with Gasteiger partial charge in [0.05, 0.1) is 6.61 Å². The molecule has 0 aliphatic carbocycles. The first-order valence-corrected chi connectivity index (χ1v) is 8.38. The molecule has 3 heterocycles. The number of rotatable bonds is 5. The smallest absolute Gasteiger partial charge is 0.320 e. The molecule has 1 unspecified atom stereocenters. The number of likely N-dealkylation sites (tertiary alicyclic amines) is 1. The van der Waals surface area contributed by atoms with Crippen molar-refractivity contribution in [3.63, 3.8) is 0 Å². The first kappa shape index (κ1) is 16.9. The second kappa shape index (κ2) is 6.90. The van der Waals surface area contributed by atoms with Crippen molar-refractivity contribution in [2.24, 2.45) is 5.41 Å². The number of likely N-dealkylation sites (N-methyl/N-ethyl adjacent to an activating group) is 1. The summed E-state index contributed by atoms with van der Waals surface area (Å²) in [6.45, 7) is 3.12. The number of aliphatic hydroxyl groups is 1. The van der Waals surface area contributed by atoms with Crippen LogP contribution in [-0.4, -0.2) is 76.9 Å². The van der Waals surface area contributed by atoms with E-state index in [1.165, 1.54) is 6.33 Å². The standard InChI is InChI=1S/C16H25N5O3/c1-20-10-16(9-12(20)15(23)24)2-5-21(6-3-16)14-8-13(17-4-7-22)18-11-19-14/h8,11-12,22H,2-7,9-10H2,1H3,(H,23,24)(H,17,18,19). The normalized spacial score (nSPS) is 23.6. The maximum Gasteiger partial charge on any atom is 0.320 e. The minimum atomic E-state index is -0.716. The molecule has 0 saturated carbocycles. The number of aromatic nitrogens is 2. The molecule has 1 spiro atoms. The number of carboxylic acids is 1. The van der Waals surface area contributed by atoms with E-state index < -0.39 is 5.97 Å². The third-order valence-electron chi connectivity index (χ3n) is 5.25. The molecule has 3 rings (SSSR count). The highest BCUT2D eigenvalue weighted by molar-refractivity contribution is 5.74. The second-order valence-corrected chi connectivity index (χ2v) is 6.87. The van der Waals surface area contributed by atoms with Gasteiger partial charge in [-0.2, -0.15) is 0 Å². The molecule has 1 aromatic heterocycles. The van der Waals surface area contributed by atoms with Crippen LogP contribution in [0.25, 0.3) is 0 Å². The summed E-state index contributed by atoms with van der Waals surface area (Å²) in [6, 6.07) is 1.54. The molecular formula is C16H25N5O3. The summed E-state index contributed by atoms with van der Waals surface area (Å²) in [6.07, 6.45) is 4.22. The molecule has 2 saturated heterocycles. The Hall–Kier alpha value is -1.93. The van der Waals surface area contributed by atoms with E-state index in [2.05, 4.69) is 20.2 Å². The Kier molecular flexibility index (Phi) is 4.86. The number of nitrogens with one attached hydrogen (secondary N) is 1. The van der Waals surface area contributed by atoms with Crippen LogP contribution < -0.4 is 10.2 Å². The monoisotopic (exact) mass is 335 g/mol. The van der Waals surface area contributed by atoms with Crippen molar-refractivity contribution in [1.29, 1.82) is 0 Å². The molecule has 132 valence electrons. The lowest BCUT2D eigenvalue weighted by molar-refractivity contribution is -0.141. The highest BCUT2D eigenvalue weighted by Gasteiger charge is 2.46. The fraction of sp³-hybridized carbons (Fsp3) is 0.688. The third kappa shape index (κ3) is 3.44. The average molecular weight is 335 g/mol. The first-order valence-electron chi connectivity index (χ1n) is 8.38. The molecule has 1 atom stereocenters. The Morgan fingerprint density at radius 3 is 2.79 bits per heavy atom. The van der Waals surface area contributed by atoms with Gasteiger partial charge in [0.2, 0.25) is 0 Å². The summed E-state index contributed by atoms with van der Waals surface area (Å²) in [5, 5.41) is 21.3. The van der Waals surface area contributed by atoms with Gasteiger partial charge >= 0.3 is 5.97 Å². The molecule has 0 amide bonds. The van der Waals surface area contributed by atoms with Crippen molar-refractivity contribution in [2.75, 3.05) is 50.1 Å². The Balaban J connectivity index is 1.62. The van der Waals surface area contributed by atoms with Gasteiger partial charge in [-0.05, 0) is 31.7 Å². The van der Waals surface area contributed by atoms with Gasteiger partial charge in [0.15, 0.2) is 0 Å². The van der Waals surface area contributed by atoms with Crippen LogP contribution >= 0.6 is 0 Å². The number of piperidine rings is 1. The van der Waals surface area contributed by atoms with Crippen LogP contribution in [0, 0.1) is 5.41 Å². The van der Waals surface area contributed by atoms with Crippen molar-refractivity contribution in [3.05, 3.63) is 12.4 Å². The van der Waals surface area contributed by atoms with E-state index in [0.717, 1.165) is 44.7 Å². The molecular weight excluding hydrogens is 310 g/mol. The summed E-state index contributed by atoms with van der Waals surface area (Å²) < 4.78 is 0. The molecule has 0 aromatic carbocycles. The van der Waals surface area contributed by atoms with Crippen LogP contribution in [0.15, 0.2) is 12.4 Å². The zero-order chi connectivity index (χ0) is 17.2. The van der Waals surface area contributed by atoms with Crippen LogP contribution in [0.5, 0.6) is 0 Å². The number of carboxylic acid groups (broad SMARTS) is 1. The topological polar surface area (TPSA) is 102 Å². The Morgan fingerprint density at radius 1 is 1.42 bits per heavy atom. The Labute approximate surface area is 141 Å². The minimum absolute atomic E-state index is 0.0594. The fourth-order valence-corrected chi connectivity index (χ4v) is 3.92. The van der Waals surface area contributed by atoms with E-state index in [1.807, 2.05) is 18.0 Å². The van der Waals surface area contributed by atoms with Crippen molar-refractivity contribution in [1.82, 2.24) is 14.9 Å². The molecule has 1 aromatic rings. The van der Waals surface area contributed by atoms with E-state index in [4.69, 9.17) is 5.11 Å². The van der Waals surface area contributed by atoms with Crippen LogP contribution in [0.3, 0.4) is 0 Å². The van der Waals surface area contributed by atoms with Crippen LogP contribution in [-0.2, 0) is 4.79 Å². The largest absolute Gasteiger partial charge is 0.480 e. The van der Waals surface area contributed by atoms with E-state index in [1.54, 1.807) is 0 Å². The minimum Gasteiger partial charge on any atom is -0.480 e. The van der Waals surface area contributed by atoms with Gasteiger partial charge in [-0.3, -0.25) is 9.69 Å². The van der Waals surface area contributed by atoms with Gasteiger partial charge in [0.25, 0.3) is 0 Å². The van der Waals surface area contributed by atoms with Gasteiger partial charge in [0.1, 0.15) is 24.0 Å². The number of aliphatic hydroxyl groups excluding tert-OH is 1. The molecule has 2 fully saturated rings. The number of hydrogen-bond donors (Lipinski definition) is 3. The van der Waals surface area contributed by atoms with E-state index >= 15 is 0 Å². The zero-order valence-electron chi connectivity index (χ0n) is 14.0. The molecule has 0 radical (unpaired) electrons. The molecule has 3 N–H and O–H groups in total. The van der Waals surface area contributed by atoms with Crippen LogP contribution in [0.2, 0.25) is 0 Å². The second-order valence-electron chi connectivity index (χ2n) is 6.87. The molecule has 8 heteroatoms. The summed E-state index contributed by atoms with van der Waals surface area (Å²) in [5.74, 6) is 0.870. The molecule has 0 bridgehead atoms. The predicted molar refractivity (Wildman–Crippen MR) is 90.2 cm³/mol. The van der Waals surface area contributed by atoms with Crippen molar-refractivity contribution in [3.8, 4) is 0 Å². The van der Waals surface area contributed by atoms with Gasteiger partial charge in [-0.1, -0.05) is 0 Å². The molecule has 2 aliphatic heterocycles. The third-order valence-corrected chi connectivity index (χ3v) is 5.25. The summed E-state index contributed by atoms with van der Waals surface area (Å²) in [4.78, 5) is 24.1. The van der Waals surface area contributed by atoms with Gasteiger partial charge < -0.3 is 20.4 Å². The van der Waals surface area contributed by atoms with Gasteiger partial charge in [0, 0.05) is 32.2 Å². The molecule has 24 heavy (non-hydrogen) atoms. The maximum absolute atomic E-state index is 11.4. The number of hydrogen-bond acceptors (Lipinski definition) is 7. The quantitative estimate of drug-likeness (QED) is 0.704. The average Bonchev–Trinajstić information content (AvgIpc) is 2.90. The Bertz CT molecular complexity index is 589. The summed E-state index contributed by atoms with van der Waals surface area (Å²) >= 11 is 0. The number of carbonyl (C=O) groups is 1. The van der Waals surface area contributed by atoms with E-state index in [0.29, 0.717) is 12.4 Å². The highest BCUT2D eigenvalue weighted by atomic mass is 16.4. The van der Waals surface area contributed by atoms with Crippen molar-refractivity contribution in [2.45, 2.75) is 25.3 Å². The van der Waals surface area contributed by atoms with Crippen molar-refractivity contribution >= 4 is 17.6 Å². The van der Waals surface area contributed by atoms with Crippen LogP contribution in [0.1, 0.15) is 19.3 Å². The lowest BCUT2D eigenvalue weighted by atomic mass is 9.76. The Morgan fingerprint density at radius 2 is 2.17 bits per heavy atom. The van der Waals surface area contributed by atoms with E-state index in [-0.39, 0.29) is 18.1 Å². The maximum atomic E-state index is 11.4. The summed E-state index contributed by atoms with van der Waals surface area (Å²) in [5.41, 5.74) is 0.110. The van der Waals surface area contributed by atoms with E-state index in [9.17, 15) is 9.90 Å². The number of aliphatic carboxylic acids is 1. The number of nitrogens with zero attached hydrogens (tertiary/aromatic N) is 4. The predicted octanol–water partition coefficient (Wildman–Crippen LogP) is 0.256. The highest BCUT2D eigenvalue weighted by Crippen LogP contribution is 2.43. The first-order chi connectivity index (χ1) is 11.5. The lowest BCUT2D eigenvalue weighted by Crippen LogP contribution is -2.41. The van der Waals surface area contributed by atoms with Gasteiger partial charge in [-0.25, -0.2) is 9.97 Å². The molecule has 2 aliphatic rings. The fourth-order valence-electron chi connectivity index (χ4n) is 3.92. The summed E-state index contributed by atoms with van der Waals surface area (Å²) in [7, 11) is 1.91. The SMILES string of the molecule is CN1CC2(CCN(c3cc(NCCO)ncn3)CC2)CC1C(=O)O. The number of anilines is 2. The van der Waals surface area contributed by atoms with Crippen molar-refractivity contribution < 1.29 is 15.0 Å². The molecule has 8 nitrogen and oxygen atoms in total. The lowest BCUT2D eigenvalue weighted by Gasteiger charge is -2.39.